The Morgan fingerprint density at radius 1 is 0.966 bits per heavy atom. The van der Waals surface area contributed by atoms with Gasteiger partial charge in [0.15, 0.2) is 0 Å². The SMILES string of the molecule is O=C(OCc1ccccc1)N1CCC(c2ccc(-c3ccc(Cl)cc3)cn2)CC1. The lowest BCUT2D eigenvalue weighted by atomic mass is 9.92. The highest BCUT2D eigenvalue weighted by Crippen LogP contribution is 2.29. The average Bonchev–Trinajstić information content (AvgIpc) is 2.79. The molecule has 1 fully saturated rings. The van der Waals surface area contributed by atoms with Crippen LogP contribution >= 0.6 is 11.6 Å². The van der Waals surface area contributed by atoms with Crippen LogP contribution in [0.15, 0.2) is 72.9 Å². The first-order chi connectivity index (χ1) is 14.2. The van der Waals surface area contributed by atoms with Gasteiger partial charge in [0, 0.05) is 41.5 Å². The molecule has 0 spiro atoms. The fourth-order valence-corrected chi connectivity index (χ4v) is 3.75. The van der Waals surface area contributed by atoms with Gasteiger partial charge >= 0.3 is 6.09 Å². The molecule has 1 aromatic heterocycles. The molecule has 0 radical (unpaired) electrons. The van der Waals surface area contributed by atoms with Crippen LogP contribution in [0.3, 0.4) is 0 Å². The zero-order valence-electron chi connectivity index (χ0n) is 16.1. The number of hydrogen-bond acceptors (Lipinski definition) is 3. The number of pyridine rings is 1. The van der Waals surface area contributed by atoms with Crippen LogP contribution in [0.5, 0.6) is 0 Å². The van der Waals surface area contributed by atoms with Crippen molar-refractivity contribution in [3.8, 4) is 11.1 Å². The third-order valence-corrected chi connectivity index (χ3v) is 5.59. The summed E-state index contributed by atoms with van der Waals surface area (Å²) in [6.45, 7) is 1.70. The third-order valence-electron chi connectivity index (χ3n) is 5.34. The van der Waals surface area contributed by atoms with Crippen LogP contribution in [-0.2, 0) is 11.3 Å². The summed E-state index contributed by atoms with van der Waals surface area (Å²) < 4.78 is 5.44. The number of carbonyl (C=O) groups is 1. The van der Waals surface area contributed by atoms with E-state index >= 15 is 0 Å². The van der Waals surface area contributed by atoms with E-state index in [1.165, 1.54) is 0 Å². The van der Waals surface area contributed by atoms with Crippen molar-refractivity contribution in [1.29, 1.82) is 0 Å². The van der Waals surface area contributed by atoms with Crippen molar-refractivity contribution in [3.63, 3.8) is 0 Å². The van der Waals surface area contributed by atoms with Gasteiger partial charge in [0.05, 0.1) is 0 Å². The molecule has 3 aromatic rings. The smallest absolute Gasteiger partial charge is 0.410 e. The van der Waals surface area contributed by atoms with Gasteiger partial charge in [0.25, 0.3) is 0 Å². The fourth-order valence-electron chi connectivity index (χ4n) is 3.63. The number of aromatic nitrogens is 1. The lowest BCUT2D eigenvalue weighted by molar-refractivity contribution is 0.0868. The molecule has 1 amide bonds. The maximum atomic E-state index is 12.3. The second-order valence-electron chi connectivity index (χ2n) is 7.28. The minimum absolute atomic E-state index is 0.238. The highest BCUT2D eigenvalue weighted by atomic mass is 35.5. The molecule has 0 atom stereocenters. The van der Waals surface area contributed by atoms with E-state index < -0.39 is 0 Å². The highest BCUT2D eigenvalue weighted by Gasteiger charge is 2.25. The maximum Gasteiger partial charge on any atom is 0.410 e. The molecule has 5 heteroatoms. The Labute approximate surface area is 176 Å². The molecule has 0 bridgehead atoms. The van der Waals surface area contributed by atoms with E-state index in [0.717, 1.165) is 40.2 Å². The number of piperidine rings is 1. The molecule has 2 aromatic carbocycles. The quantitative estimate of drug-likeness (QED) is 0.540. The summed E-state index contributed by atoms with van der Waals surface area (Å²) in [5.74, 6) is 0.368. The van der Waals surface area contributed by atoms with Crippen LogP contribution < -0.4 is 0 Å². The molecule has 4 nitrogen and oxygen atoms in total. The predicted octanol–water partition coefficient (Wildman–Crippen LogP) is 5.92. The lowest BCUT2D eigenvalue weighted by Crippen LogP contribution is -2.38. The average molecular weight is 407 g/mol. The first-order valence-electron chi connectivity index (χ1n) is 9.86. The Balaban J connectivity index is 1.30. The Bertz CT molecular complexity index is 935. The zero-order chi connectivity index (χ0) is 20.1. The van der Waals surface area contributed by atoms with E-state index in [2.05, 4.69) is 17.1 Å². The van der Waals surface area contributed by atoms with Gasteiger partial charge in [-0.25, -0.2) is 4.79 Å². The first kappa shape index (κ1) is 19.5. The van der Waals surface area contributed by atoms with Crippen molar-refractivity contribution >= 4 is 17.7 Å². The topological polar surface area (TPSA) is 42.4 Å². The van der Waals surface area contributed by atoms with Crippen molar-refractivity contribution in [2.75, 3.05) is 13.1 Å². The van der Waals surface area contributed by atoms with E-state index in [-0.39, 0.29) is 6.09 Å². The molecule has 0 unspecified atom stereocenters. The van der Waals surface area contributed by atoms with Crippen LogP contribution in [0, 0.1) is 0 Å². The number of carbonyl (C=O) groups excluding carboxylic acids is 1. The third kappa shape index (κ3) is 4.96. The van der Waals surface area contributed by atoms with Gasteiger partial charge in [-0.15, -0.1) is 0 Å². The predicted molar refractivity (Wildman–Crippen MR) is 115 cm³/mol. The Hall–Kier alpha value is -2.85. The molecule has 148 valence electrons. The molecule has 2 heterocycles. The van der Waals surface area contributed by atoms with E-state index in [9.17, 15) is 4.79 Å². The number of nitrogens with zero attached hydrogens (tertiary/aromatic N) is 2. The number of halogens is 1. The van der Waals surface area contributed by atoms with Gasteiger partial charge in [-0.05, 0) is 42.2 Å². The van der Waals surface area contributed by atoms with Crippen molar-refractivity contribution in [2.24, 2.45) is 0 Å². The fraction of sp³-hybridized carbons (Fsp3) is 0.250. The normalized spacial score (nSPS) is 14.6. The number of ether oxygens (including phenoxy) is 1. The Morgan fingerprint density at radius 3 is 2.31 bits per heavy atom. The molecular formula is C24H23ClN2O2. The summed E-state index contributed by atoms with van der Waals surface area (Å²) >= 11 is 5.96. The zero-order valence-corrected chi connectivity index (χ0v) is 16.9. The molecule has 29 heavy (non-hydrogen) atoms. The lowest BCUT2D eigenvalue weighted by Gasteiger charge is -2.31. The number of rotatable bonds is 4. The van der Waals surface area contributed by atoms with Gasteiger partial charge in [-0.3, -0.25) is 4.98 Å². The summed E-state index contributed by atoms with van der Waals surface area (Å²) in [6, 6.07) is 21.7. The second-order valence-corrected chi connectivity index (χ2v) is 7.72. The standard InChI is InChI=1S/C24H23ClN2O2/c25-22-9-6-19(7-10-22)21-8-11-23(26-16-21)20-12-14-27(15-13-20)24(28)29-17-18-4-2-1-3-5-18/h1-11,16,20H,12-15,17H2. The Kier molecular flexibility index (Phi) is 6.11. The van der Waals surface area contributed by atoms with Crippen LogP contribution in [-0.4, -0.2) is 29.1 Å². The summed E-state index contributed by atoms with van der Waals surface area (Å²) in [7, 11) is 0. The van der Waals surface area contributed by atoms with E-state index in [1.54, 1.807) is 4.90 Å². The molecule has 0 N–H and O–H groups in total. The van der Waals surface area contributed by atoms with Crippen molar-refractivity contribution in [3.05, 3.63) is 89.2 Å². The van der Waals surface area contributed by atoms with Crippen LogP contribution in [0.1, 0.15) is 30.0 Å². The largest absolute Gasteiger partial charge is 0.445 e. The van der Waals surface area contributed by atoms with Gasteiger partial charge in [0.1, 0.15) is 6.61 Å². The number of benzene rings is 2. The van der Waals surface area contributed by atoms with E-state index in [1.807, 2.05) is 60.8 Å². The summed E-state index contributed by atoms with van der Waals surface area (Å²) in [5.41, 5.74) is 4.26. The number of hydrogen-bond donors (Lipinski definition) is 0. The first-order valence-corrected chi connectivity index (χ1v) is 10.2. The summed E-state index contributed by atoms with van der Waals surface area (Å²) in [5, 5.41) is 0.729. The maximum absolute atomic E-state index is 12.3. The highest BCUT2D eigenvalue weighted by molar-refractivity contribution is 6.30. The Morgan fingerprint density at radius 2 is 1.66 bits per heavy atom. The van der Waals surface area contributed by atoms with Crippen LogP contribution in [0.25, 0.3) is 11.1 Å². The summed E-state index contributed by atoms with van der Waals surface area (Å²) in [4.78, 5) is 18.8. The molecule has 4 rings (SSSR count). The van der Waals surface area contributed by atoms with Gasteiger partial charge in [0.2, 0.25) is 0 Å². The molecular weight excluding hydrogens is 384 g/mol. The van der Waals surface area contributed by atoms with Crippen molar-refractivity contribution < 1.29 is 9.53 Å². The van der Waals surface area contributed by atoms with Crippen molar-refractivity contribution in [2.45, 2.75) is 25.4 Å². The van der Waals surface area contributed by atoms with E-state index in [4.69, 9.17) is 16.3 Å². The van der Waals surface area contributed by atoms with Gasteiger partial charge in [-0.1, -0.05) is 60.1 Å². The van der Waals surface area contributed by atoms with Crippen molar-refractivity contribution in [1.82, 2.24) is 9.88 Å². The molecule has 1 aliphatic heterocycles. The minimum Gasteiger partial charge on any atom is -0.445 e. The minimum atomic E-state index is -0.238. The van der Waals surface area contributed by atoms with E-state index in [0.29, 0.717) is 25.6 Å². The molecule has 0 aliphatic carbocycles. The monoisotopic (exact) mass is 406 g/mol. The second kappa shape index (κ2) is 9.10. The van der Waals surface area contributed by atoms with Gasteiger partial charge in [-0.2, -0.15) is 0 Å². The molecule has 1 aliphatic rings. The molecule has 1 saturated heterocycles. The molecule has 0 saturated carbocycles. The number of likely N-dealkylation sites (tertiary alicyclic amines) is 1. The number of amides is 1. The van der Waals surface area contributed by atoms with Crippen LogP contribution in [0.2, 0.25) is 5.02 Å². The summed E-state index contributed by atoms with van der Waals surface area (Å²) in [6.07, 6.45) is 3.47. The van der Waals surface area contributed by atoms with Crippen LogP contribution in [0.4, 0.5) is 4.79 Å². The van der Waals surface area contributed by atoms with Gasteiger partial charge < -0.3 is 9.64 Å².